The Morgan fingerprint density at radius 2 is 2.00 bits per heavy atom. The van der Waals surface area contributed by atoms with Gasteiger partial charge in [-0.15, -0.1) is 0 Å². The average molecular weight is 279 g/mol. The molecule has 19 heavy (non-hydrogen) atoms. The summed E-state index contributed by atoms with van der Waals surface area (Å²) in [6, 6.07) is 8.77. The second-order valence-electron chi connectivity index (χ2n) is 4.71. The molecule has 1 aromatic heterocycles. The highest BCUT2D eigenvalue weighted by molar-refractivity contribution is 6.30. The third kappa shape index (κ3) is 3.93. The first-order chi connectivity index (χ1) is 9.04. The summed E-state index contributed by atoms with van der Waals surface area (Å²) in [5, 5.41) is 3.88. The fourth-order valence-electron chi connectivity index (χ4n) is 1.95. The topological polar surface area (TPSA) is 24.9 Å². The Balaban J connectivity index is 1.98. The van der Waals surface area contributed by atoms with Crippen LogP contribution in [-0.4, -0.2) is 11.0 Å². The number of aryl methyl sites for hydroxylation is 1. The molecule has 1 N–H and O–H groups in total. The fraction of sp³-hybridized carbons (Fsp3) is 0.267. The quantitative estimate of drug-likeness (QED) is 0.847. The SMILES string of the molecule is Cc1cc(NC(C)Cc2ccc(F)cc2)cnc1Cl. The maximum Gasteiger partial charge on any atom is 0.132 e. The van der Waals surface area contributed by atoms with Crippen molar-refractivity contribution < 1.29 is 4.39 Å². The minimum Gasteiger partial charge on any atom is -0.381 e. The molecule has 2 nitrogen and oxygen atoms in total. The monoisotopic (exact) mass is 278 g/mol. The van der Waals surface area contributed by atoms with Crippen molar-refractivity contribution in [1.82, 2.24) is 4.98 Å². The van der Waals surface area contributed by atoms with E-state index in [1.54, 1.807) is 18.3 Å². The van der Waals surface area contributed by atoms with Gasteiger partial charge < -0.3 is 5.32 Å². The van der Waals surface area contributed by atoms with Crippen LogP contribution in [0.4, 0.5) is 10.1 Å². The third-order valence-electron chi connectivity index (χ3n) is 2.88. The van der Waals surface area contributed by atoms with E-state index in [0.29, 0.717) is 5.15 Å². The van der Waals surface area contributed by atoms with Crippen LogP contribution >= 0.6 is 11.6 Å². The minimum atomic E-state index is -0.207. The Bertz CT molecular complexity index is 555. The molecule has 0 amide bonds. The van der Waals surface area contributed by atoms with Crippen LogP contribution in [0.1, 0.15) is 18.1 Å². The molecule has 0 fully saturated rings. The molecule has 0 aliphatic heterocycles. The second kappa shape index (κ2) is 6.02. The van der Waals surface area contributed by atoms with E-state index in [1.165, 1.54) is 12.1 Å². The Morgan fingerprint density at radius 3 is 2.63 bits per heavy atom. The number of anilines is 1. The predicted molar refractivity (Wildman–Crippen MR) is 77.2 cm³/mol. The van der Waals surface area contributed by atoms with Crippen molar-refractivity contribution in [2.75, 3.05) is 5.32 Å². The summed E-state index contributed by atoms with van der Waals surface area (Å²) < 4.78 is 12.8. The molecule has 2 aromatic rings. The smallest absolute Gasteiger partial charge is 0.132 e. The molecule has 4 heteroatoms. The zero-order chi connectivity index (χ0) is 13.8. The van der Waals surface area contributed by atoms with Crippen LogP contribution in [0, 0.1) is 12.7 Å². The minimum absolute atomic E-state index is 0.207. The summed E-state index contributed by atoms with van der Waals surface area (Å²) in [6.45, 7) is 4.00. The van der Waals surface area contributed by atoms with Gasteiger partial charge in [0.2, 0.25) is 0 Å². The standard InChI is InChI=1S/C15H16ClFN2/c1-10-7-14(9-18-15(10)16)19-11(2)8-12-3-5-13(17)6-4-12/h3-7,9,11,19H,8H2,1-2H3. The van der Waals surface area contributed by atoms with Gasteiger partial charge in [0.1, 0.15) is 11.0 Å². The molecule has 1 unspecified atom stereocenters. The van der Waals surface area contributed by atoms with Crippen molar-refractivity contribution in [2.45, 2.75) is 26.3 Å². The number of aromatic nitrogens is 1. The molecule has 1 atom stereocenters. The highest BCUT2D eigenvalue weighted by Crippen LogP contribution is 2.17. The molecule has 0 aliphatic carbocycles. The van der Waals surface area contributed by atoms with Crippen LogP contribution in [0.25, 0.3) is 0 Å². The Kier molecular flexibility index (Phi) is 4.38. The number of nitrogens with zero attached hydrogens (tertiary/aromatic N) is 1. The van der Waals surface area contributed by atoms with Crippen molar-refractivity contribution >= 4 is 17.3 Å². The van der Waals surface area contributed by atoms with Crippen LogP contribution in [0.3, 0.4) is 0 Å². The van der Waals surface area contributed by atoms with Crippen LogP contribution < -0.4 is 5.32 Å². The molecular weight excluding hydrogens is 263 g/mol. The molecule has 0 saturated carbocycles. The van der Waals surface area contributed by atoms with E-state index in [0.717, 1.165) is 23.2 Å². The maximum atomic E-state index is 12.8. The summed E-state index contributed by atoms with van der Waals surface area (Å²) in [4.78, 5) is 4.10. The summed E-state index contributed by atoms with van der Waals surface area (Å²) in [5.41, 5.74) is 2.98. The highest BCUT2D eigenvalue weighted by atomic mass is 35.5. The molecule has 100 valence electrons. The highest BCUT2D eigenvalue weighted by Gasteiger charge is 2.05. The van der Waals surface area contributed by atoms with Crippen molar-refractivity contribution in [3.05, 3.63) is 58.6 Å². The number of hydrogen-bond donors (Lipinski definition) is 1. The van der Waals surface area contributed by atoms with Gasteiger partial charge in [-0.2, -0.15) is 0 Å². The lowest BCUT2D eigenvalue weighted by Crippen LogP contribution is -2.18. The van der Waals surface area contributed by atoms with E-state index in [4.69, 9.17) is 11.6 Å². The summed E-state index contributed by atoms with van der Waals surface area (Å²) in [6.07, 6.45) is 2.54. The fourth-order valence-corrected chi connectivity index (χ4v) is 2.05. The first-order valence-electron chi connectivity index (χ1n) is 6.17. The third-order valence-corrected chi connectivity index (χ3v) is 3.28. The number of hydrogen-bond acceptors (Lipinski definition) is 2. The van der Waals surface area contributed by atoms with E-state index in [1.807, 2.05) is 13.0 Å². The molecule has 0 aliphatic rings. The summed E-state index contributed by atoms with van der Waals surface area (Å²) in [7, 11) is 0. The van der Waals surface area contributed by atoms with Gasteiger partial charge >= 0.3 is 0 Å². The van der Waals surface area contributed by atoms with Gasteiger partial charge in [-0.1, -0.05) is 23.7 Å². The zero-order valence-corrected chi connectivity index (χ0v) is 11.7. The lowest BCUT2D eigenvalue weighted by molar-refractivity contribution is 0.626. The molecule has 1 heterocycles. The van der Waals surface area contributed by atoms with Crippen LogP contribution in [0.2, 0.25) is 5.15 Å². The molecule has 0 bridgehead atoms. The van der Waals surface area contributed by atoms with Gasteiger partial charge in [0.25, 0.3) is 0 Å². The van der Waals surface area contributed by atoms with Crippen molar-refractivity contribution in [1.29, 1.82) is 0 Å². The predicted octanol–water partition coefficient (Wildman–Crippen LogP) is 4.23. The molecular formula is C15H16ClFN2. The average Bonchev–Trinajstić information content (AvgIpc) is 2.37. The first kappa shape index (κ1) is 13.8. The molecule has 0 spiro atoms. The van der Waals surface area contributed by atoms with Gasteiger partial charge in [-0.3, -0.25) is 0 Å². The lowest BCUT2D eigenvalue weighted by atomic mass is 10.1. The van der Waals surface area contributed by atoms with E-state index in [-0.39, 0.29) is 11.9 Å². The van der Waals surface area contributed by atoms with Crippen molar-refractivity contribution in [2.24, 2.45) is 0 Å². The van der Waals surface area contributed by atoms with E-state index in [2.05, 4.69) is 17.2 Å². The first-order valence-corrected chi connectivity index (χ1v) is 6.55. The normalized spacial score (nSPS) is 12.2. The zero-order valence-electron chi connectivity index (χ0n) is 11.0. The Labute approximate surface area is 117 Å². The van der Waals surface area contributed by atoms with Crippen molar-refractivity contribution in [3.63, 3.8) is 0 Å². The molecule has 1 aromatic carbocycles. The lowest BCUT2D eigenvalue weighted by Gasteiger charge is -2.15. The van der Waals surface area contributed by atoms with Crippen LogP contribution in [0.5, 0.6) is 0 Å². The number of rotatable bonds is 4. The maximum absolute atomic E-state index is 12.8. The van der Waals surface area contributed by atoms with Crippen LogP contribution in [-0.2, 0) is 6.42 Å². The Hall–Kier alpha value is -1.61. The largest absolute Gasteiger partial charge is 0.381 e. The van der Waals surface area contributed by atoms with E-state index < -0.39 is 0 Å². The van der Waals surface area contributed by atoms with Gasteiger partial charge in [0, 0.05) is 6.04 Å². The van der Waals surface area contributed by atoms with Gasteiger partial charge in [-0.05, 0) is 49.6 Å². The molecule has 2 rings (SSSR count). The Morgan fingerprint density at radius 1 is 1.32 bits per heavy atom. The van der Waals surface area contributed by atoms with Gasteiger partial charge in [0.15, 0.2) is 0 Å². The number of benzene rings is 1. The number of nitrogens with one attached hydrogen (secondary N) is 1. The molecule has 0 saturated heterocycles. The van der Waals surface area contributed by atoms with E-state index in [9.17, 15) is 4.39 Å². The van der Waals surface area contributed by atoms with Gasteiger partial charge in [-0.25, -0.2) is 9.37 Å². The summed E-state index contributed by atoms with van der Waals surface area (Å²) >= 11 is 5.89. The number of halogens is 2. The van der Waals surface area contributed by atoms with Gasteiger partial charge in [0.05, 0.1) is 11.9 Å². The second-order valence-corrected chi connectivity index (χ2v) is 5.07. The molecule has 0 radical (unpaired) electrons. The van der Waals surface area contributed by atoms with E-state index >= 15 is 0 Å². The number of pyridine rings is 1. The van der Waals surface area contributed by atoms with Crippen molar-refractivity contribution in [3.8, 4) is 0 Å². The summed E-state index contributed by atoms with van der Waals surface area (Å²) in [5.74, 6) is -0.207. The van der Waals surface area contributed by atoms with Crippen LogP contribution in [0.15, 0.2) is 36.5 Å².